The normalized spacial score (nSPS) is 13.6. The van der Waals surface area contributed by atoms with Gasteiger partial charge in [0.25, 0.3) is 0 Å². The van der Waals surface area contributed by atoms with Gasteiger partial charge in [0.05, 0.1) is 12.6 Å². The lowest BCUT2D eigenvalue weighted by molar-refractivity contribution is -0.162. The maximum Gasteiger partial charge on any atom is 0.406 e. The molecule has 1 atom stereocenters. The minimum Gasteiger partial charge on any atom is -0.395 e. The molecule has 3 N–H and O–H groups in total. The number of halogens is 3. The SMILES string of the molecule is CCC[C@H](N)C(=O)N(CCO)CC(F)(F)F. The Morgan fingerprint density at radius 2 is 2.06 bits per heavy atom. The second-order valence-electron chi connectivity index (χ2n) is 3.49. The number of aliphatic hydroxyl groups excluding tert-OH is 1. The summed E-state index contributed by atoms with van der Waals surface area (Å²) >= 11 is 0. The highest BCUT2D eigenvalue weighted by molar-refractivity contribution is 5.81. The van der Waals surface area contributed by atoms with E-state index in [1.165, 1.54) is 0 Å². The average molecular weight is 242 g/mol. The first-order chi connectivity index (χ1) is 7.31. The van der Waals surface area contributed by atoms with Crippen LogP contribution in [-0.2, 0) is 4.79 Å². The van der Waals surface area contributed by atoms with Crippen LogP contribution in [0.25, 0.3) is 0 Å². The summed E-state index contributed by atoms with van der Waals surface area (Å²) in [5.41, 5.74) is 5.44. The van der Waals surface area contributed by atoms with Gasteiger partial charge in [-0.3, -0.25) is 4.79 Å². The molecular weight excluding hydrogens is 225 g/mol. The topological polar surface area (TPSA) is 66.6 Å². The quantitative estimate of drug-likeness (QED) is 0.712. The maximum absolute atomic E-state index is 12.1. The number of carbonyl (C=O) groups is 1. The first-order valence-corrected chi connectivity index (χ1v) is 5.03. The summed E-state index contributed by atoms with van der Waals surface area (Å²) < 4.78 is 36.4. The predicted octanol–water partition coefficient (Wildman–Crippen LogP) is 0.497. The van der Waals surface area contributed by atoms with E-state index in [0.717, 1.165) is 0 Å². The Labute approximate surface area is 92.2 Å². The molecule has 0 aromatic heterocycles. The smallest absolute Gasteiger partial charge is 0.395 e. The van der Waals surface area contributed by atoms with Gasteiger partial charge in [0.2, 0.25) is 5.91 Å². The fourth-order valence-electron chi connectivity index (χ4n) is 1.27. The van der Waals surface area contributed by atoms with Crippen LogP contribution in [0.2, 0.25) is 0 Å². The summed E-state index contributed by atoms with van der Waals surface area (Å²) in [6, 6.07) is -0.932. The number of hydrogen-bond donors (Lipinski definition) is 2. The summed E-state index contributed by atoms with van der Waals surface area (Å²) in [4.78, 5) is 12.0. The van der Waals surface area contributed by atoms with Crippen molar-refractivity contribution < 1.29 is 23.1 Å². The molecule has 4 nitrogen and oxygen atoms in total. The molecule has 0 aromatic carbocycles. The summed E-state index contributed by atoms with van der Waals surface area (Å²) in [5.74, 6) is -0.770. The zero-order valence-electron chi connectivity index (χ0n) is 9.13. The Morgan fingerprint density at radius 1 is 1.50 bits per heavy atom. The lowest BCUT2D eigenvalue weighted by Gasteiger charge is -2.25. The van der Waals surface area contributed by atoms with Gasteiger partial charge >= 0.3 is 6.18 Å². The summed E-state index contributed by atoms with van der Waals surface area (Å²) in [5, 5.41) is 8.59. The molecule has 0 aromatic rings. The Morgan fingerprint density at radius 3 is 2.44 bits per heavy atom. The van der Waals surface area contributed by atoms with Crippen LogP contribution in [0.4, 0.5) is 13.2 Å². The highest BCUT2D eigenvalue weighted by atomic mass is 19.4. The first-order valence-electron chi connectivity index (χ1n) is 5.03. The lowest BCUT2D eigenvalue weighted by atomic mass is 10.1. The zero-order chi connectivity index (χ0) is 12.8. The molecule has 96 valence electrons. The number of alkyl halides is 3. The molecule has 0 aliphatic carbocycles. The number of carbonyl (C=O) groups excluding carboxylic acids is 1. The average Bonchev–Trinajstić information content (AvgIpc) is 2.14. The molecule has 0 saturated heterocycles. The van der Waals surface area contributed by atoms with Crippen molar-refractivity contribution in [3.63, 3.8) is 0 Å². The van der Waals surface area contributed by atoms with E-state index < -0.39 is 31.3 Å². The molecule has 0 aliphatic rings. The number of nitrogens with zero attached hydrogens (tertiary/aromatic N) is 1. The van der Waals surface area contributed by atoms with Gasteiger partial charge in [-0.05, 0) is 6.42 Å². The second-order valence-corrected chi connectivity index (χ2v) is 3.49. The Hall–Kier alpha value is -0.820. The van der Waals surface area contributed by atoms with Crippen LogP contribution in [0.15, 0.2) is 0 Å². The largest absolute Gasteiger partial charge is 0.406 e. The van der Waals surface area contributed by atoms with Crippen LogP contribution >= 0.6 is 0 Å². The van der Waals surface area contributed by atoms with Gasteiger partial charge in [-0.1, -0.05) is 13.3 Å². The van der Waals surface area contributed by atoms with E-state index in [2.05, 4.69) is 0 Å². The van der Waals surface area contributed by atoms with Crippen molar-refractivity contribution in [2.45, 2.75) is 32.0 Å². The summed E-state index contributed by atoms with van der Waals surface area (Å²) in [7, 11) is 0. The van der Waals surface area contributed by atoms with Crippen molar-refractivity contribution in [3.05, 3.63) is 0 Å². The Bertz CT molecular complexity index is 221. The Kier molecular flexibility index (Phi) is 6.35. The van der Waals surface area contributed by atoms with Gasteiger partial charge < -0.3 is 15.7 Å². The number of rotatable bonds is 6. The third-order valence-electron chi connectivity index (χ3n) is 1.97. The van der Waals surface area contributed by atoms with Crippen molar-refractivity contribution in [2.24, 2.45) is 5.73 Å². The van der Waals surface area contributed by atoms with Crippen LogP contribution in [-0.4, -0.2) is 47.8 Å². The molecule has 0 bridgehead atoms. The highest BCUT2D eigenvalue weighted by Gasteiger charge is 2.34. The van der Waals surface area contributed by atoms with E-state index >= 15 is 0 Å². The minimum atomic E-state index is -4.48. The Balaban J connectivity index is 4.46. The molecule has 0 aliphatic heterocycles. The molecule has 0 rings (SSSR count). The standard InChI is InChI=1S/C9H17F3N2O2/c1-2-3-7(13)8(16)14(4-5-15)6-9(10,11)12/h7,15H,2-6,13H2,1H3/t7-/m0/s1. The molecule has 0 heterocycles. The van der Waals surface area contributed by atoms with Gasteiger partial charge in [-0.15, -0.1) is 0 Å². The fraction of sp³-hybridized carbons (Fsp3) is 0.889. The van der Waals surface area contributed by atoms with E-state index in [-0.39, 0.29) is 6.54 Å². The molecule has 0 saturated carbocycles. The third kappa shape index (κ3) is 5.92. The lowest BCUT2D eigenvalue weighted by Crippen LogP contribution is -2.48. The molecule has 0 spiro atoms. The predicted molar refractivity (Wildman–Crippen MR) is 52.6 cm³/mol. The van der Waals surface area contributed by atoms with Crippen molar-refractivity contribution in [2.75, 3.05) is 19.7 Å². The monoisotopic (exact) mass is 242 g/mol. The van der Waals surface area contributed by atoms with E-state index in [1.807, 2.05) is 0 Å². The maximum atomic E-state index is 12.1. The van der Waals surface area contributed by atoms with Crippen molar-refractivity contribution >= 4 is 5.91 Å². The molecular formula is C9H17F3N2O2. The summed E-state index contributed by atoms with van der Waals surface area (Å²) in [6.45, 7) is -0.451. The molecule has 1 amide bonds. The van der Waals surface area contributed by atoms with Crippen LogP contribution < -0.4 is 5.73 Å². The number of nitrogens with two attached hydrogens (primary N) is 1. The number of hydrogen-bond acceptors (Lipinski definition) is 3. The van der Waals surface area contributed by atoms with E-state index in [0.29, 0.717) is 17.7 Å². The van der Waals surface area contributed by atoms with Gasteiger partial charge in [0, 0.05) is 6.54 Å². The molecule has 0 unspecified atom stereocenters. The zero-order valence-corrected chi connectivity index (χ0v) is 9.13. The third-order valence-corrected chi connectivity index (χ3v) is 1.97. The van der Waals surface area contributed by atoms with Crippen LogP contribution in [0.3, 0.4) is 0 Å². The molecule has 0 fully saturated rings. The minimum absolute atomic E-state index is 0.332. The van der Waals surface area contributed by atoms with Crippen molar-refractivity contribution in [1.29, 1.82) is 0 Å². The molecule has 16 heavy (non-hydrogen) atoms. The molecule has 0 radical (unpaired) electrons. The van der Waals surface area contributed by atoms with Crippen LogP contribution in [0.5, 0.6) is 0 Å². The van der Waals surface area contributed by atoms with Crippen LogP contribution in [0.1, 0.15) is 19.8 Å². The van der Waals surface area contributed by atoms with Crippen LogP contribution in [0, 0.1) is 0 Å². The van der Waals surface area contributed by atoms with Crippen molar-refractivity contribution in [1.82, 2.24) is 4.90 Å². The highest BCUT2D eigenvalue weighted by Crippen LogP contribution is 2.17. The van der Waals surface area contributed by atoms with E-state index in [9.17, 15) is 18.0 Å². The van der Waals surface area contributed by atoms with Gasteiger partial charge in [0.1, 0.15) is 6.54 Å². The van der Waals surface area contributed by atoms with E-state index in [4.69, 9.17) is 10.8 Å². The first kappa shape index (κ1) is 15.2. The number of amides is 1. The van der Waals surface area contributed by atoms with Gasteiger partial charge in [-0.2, -0.15) is 13.2 Å². The van der Waals surface area contributed by atoms with E-state index in [1.54, 1.807) is 6.92 Å². The number of aliphatic hydroxyl groups is 1. The molecule has 7 heteroatoms. The van der Waals surface area contributed by atoms with Gasteiger partial charge in [-0.25, -0.2) is 0 Å². The fourth-order valence-corrected chi connectivity index (χ4v) is 1.27. The van der Waals surface area contributed by atoms with Crippen molar-refractivity contribution in [3.8, 4) is 0 Å². The van der Waals surface area contributed by atoms with Gasteiger partial charge in [0.15, 0.2) is 0 Å². The summed E-state index contributed by atoms with van der Waals surface area (Å²) in [6.07, 6.45) is -3.53. The second kappa shape index (κ2) is 6.70.